The average molecular weight is 346 g/mol. The average Bonchev–Trinajstić information content (AvgIpc) is 3.14. The van der Waals surface area contributed by atoms with Crippen LogP contribution in [0.25, 0.3) is 0 Å². The topological polar surface area (TPSA) is 86.9 Å². The molecule has 2 fully saturated rings. The Labute approximate surface area is 149 Å². The molecule has 2 aliphatic rings. The minimum absolute atomic E-state index is 0.0643. The minimum Gasteiger partial charge on any atom is -0.353 e. The van der Waals surface area contributed by atoms with E-state index >= 15 is 0 Å². The Balaban J connectivity index is 1.33. The predicted molar refractivity (Wildman–Crippen MR) is 95.5 cm³/mol. The van der Waals surface area contributed by atoms with Gasteiger partial charge in [0, 0.05) is 24.6 Å². The maximum Gasteiger partial charge on any atom is 0.223 e. The predicted octanol–water partition coefficient (Wildman–Crippen LogP) is 2.67. The van der Waals surface area contributed by atoms with Crippen LogP contribution >= 0.6 is 0 Å². The summed E-state index contributed by atoms with van der Waals surface area (Å²) in [6.45, 7) is 0.497. The molecule has 2 amide bonds. The van der Waals surface area contributed by atoms with E-state index in [2.05, 4.69) is 20.6 Å². The van der Waals surface area contributed by atoms with Crippen molar-refractivity contribution in [2.75, 3.05) is 0 Å². The lowest BCUT2D eigenvalue weighted by Crippen LogP contribution is -2.41. The summed E-state index contributed by atoms with van der Waals surface area (Å²) < 4.78 is 0. The van der Waals surface area contributed by atoms with Gasteiger partial charge in [-0.25, -0.2) is 4.98 Å². The number of rotatable bonds is 6. The Morgan fingerprint density at radius 1 is 1.08 bits per heavy atom. The van der Waals surface area contributed by atoms with Crippen molar-refractivity contribution in [3.05, 3.63) is 18.2 Å². The number of aromatic nitrogens is 2. The van der Waals surface area contributed by atoms with Gasteiger partial charge in [0.25, 0.3) is 0 Å². The molecule has 6 nitrogen and oxygen atoms in total. The quantitative estimate of drug-likeness (QED) is 0.740. The summed E-state index contributed by atoms with van der Waals surface area (Å²) in [5.41, 5.74) is 0.914. The zero-order valence-corrected chi connectivity index (χ0v) is 14.9. The highest BCUT2D eigenvalue weighted by atomic mass is 16.2. The maximum atomic E-state index is 12.3. The number of carbonyl (C=O) groups excluding carboxylic acids is 2. The summed E-state index contributed by atoms with van der Waals surface area (Å²) in [4.78, 5) is 31.4. The molecule has 1 heterocycles. The number of aromatic amines is 1. The summed E-state index contributed by atoms with van der Waals surface area (Å²) in [6, 6.07) is 0.243. The third-order valence-corrected chi connectivity index (χ3v) is 5.67. The summed E-state index contributed by atoms with van der Waals surface area (Å²) in [5, 5.41) is 6.16. The van der Waals surface area contributed by atoms with Gasteiger partial charge >= 0.3 is 0 Å². The molecule has 0 bridgehead atoms. The maximum absolute atomic E-state index is 12.3. The normalized spacial score (nSPS) is 24.6. The highest BCUT2D eigenvalue weighted by Gasteiger charge is 2.27. The number of hydrogen-bond acceptors (Lipinski definition) is 3. The fourth-order valence-corrected chi connectivity index (χ4v) is 4.15. The van der Waals surface area contributed by atoms with Crippen molar-refractivity contribution in [1.29, 1.82) is 0 Å². The largest absolute Gasteiger partial charge is 0.353 e. The van der Waals surface area contributed by atoms with E-state index in [1.807, 2.05) is 0 Å². The summed E-state index contributed by atoms with van der Waals surface area (Å²) >= 11 is 0. The monoisotopic (exact) mass is 346 g/mol. The van der Waals surface area contributed by atoms with Gasteiger partial charge in [0.1, 0.15) is 0 Å². The molecule has 0 saturated heterocycles. The van der Waals surface area contributed by atoms with Gasteiger partial charge < -0.3 is 15.6 Å². The van der Waals surface area contributed by atoms with Crippen LogP contribution in [0.2, 0.25) is 0 Å². The highest BCUT2D eigenvalue weighted by Crippen LogP contribution is 2.27. The van der Waals surface area contributed by atoms with E-state index in [0.717, 1.165) is 31.4 Å². The van der Waals surface area contributed by atoms with E-state index in [1.54, 1.807) is 12.5 Å². The van der Waals surface area contributed by atoms with Crippen molar-refractivity contribution in [2.24, 2.45) is 11.8 Å². The molecule has 3 rings (SSSR count). The van der Waals surface area contributed by atoms with Gasteiger partial charge in [0.15, 0.2) is 0 Å². The molecule has 1 aromatic rings. The molecule has 0 aliphatic heterocycles. The van der Waals surface area contributed by atoms with Crippen LogP contribution in [0, 0.1) is 11.8 Å². The fraction of sp³-hybridized carbons (Fsp3) is 0.737. The molecule has 0 unspecified atom stereocenters. The molecule has 0 atom stereocenters. The van der Waals surface area contributed by atoms with Crippen LogP contribution in [0.4, 0.5) is 0 Å². The van der Waals surface area contributed by atoms with Gasteiger partial charge in [-0.1, -0.05) is 19.3 Å². The van der Waals surface area contributed by atoms with Crippen LogP contribution in [0.15, 0.2) is 12.5 Å². The first-order valence-corrected chi connectivity index (χ1v) is 9.75. The Bertz CT molecular complexity index is 544. The smallest absolute Gasteiger partial charge is 0.223 e. The summed E-state index contributed by atoms with van der Waals surface area (Å²) in [7, 11) is 0. The minimum atomic E-state index is 0.0643. The molecule has 3 N–H and O–H groups in total. The SMILES string of the molecule is O=C(CC1CCCCC1)NC1CCC(C(=O)NCc2cnc[nH]2)CC1. The first kappa shape index (κ1) is 18.0. The number of hydrogen-bond donors (Lipinski definition) is 3. The van der Waals surface area contributed by atoms with Gasteiger partial charge in [0.05, 0.1) is 18.6 Å². The van der Waals surface area contributed by atoms with Gasteiger partial charge in [-0.3, -0.25) is 9.59 Å². The van der Waals surface area contributed by atoms with Crippen molar-refractivity contribution in [3.63, 3.8) is 0 Å². The molecule has 0 spiro atoms. The lowest BCUT2D eigenvalue weighted by atomic mass is 9.84. The molecule has 25 heavy (non-hydrogen) atoms. The Kier molecular flexibility index (Phi) is 6.48. The second kappa shape index (κ2) is 9.02. The van der Waals surface area contributed by atoms with E-state index in [-0.39, 0.29) is 23.8 Å². The standard InChI is InChI=1S/C19H30N4O2/c24-18(10-14-4-2-1-3-5-14)23-16-8-6-15(7-9-16)19(25)21-12-17-11-20-13-22-17/h11,13-16H,1-10,12H2,(H,20,22)(H,21,25)(H,23,24). The van der Waals surface area contributed by atoms with E-state index in [0.29, 0.717) is 18.9 Å². The zero-order chi connectivity index (χ0) is 17.5. The second-order valence-electron chi connectivity index (χ2n) is 7.62. The first-order chi connectivity index (χ1) is 12.2. The van der Waals surface area contributed by atoms with Gasteiger partial charge in [-0.15, -0.1) is 0 Å². The number of nitrogens with one attached hydrogen (secondary N) is 3. The molecular weight excluding hydrogens is 316 g/mol. The van der Waals surface area contributed by atoms with Crippen molar-refractivity contribution in [2.45, 2.75) is 76.8 Å². The molecule has 6 heteroatoms. The fourth-order valence-electron chi connectivity index (χ4n) is 4.15. The zero-order valence-electron chi connectivity index (χ0n) is 14.9. The highest BCUT2D eigenvalue weighted by molar-refractivity contribution is 5.79. The first-order valence-electron chi connectivity index (χ1n) is 9.75. The molecule has 2 aliphatic carbocycles. The third-order valence-electron chi connectivity index (χ3n) is 5.67. The molecule has 0 radical (unpaired) electrons. The van der Waals surface area contributed by atoms with Gasteiger partial charge in [-0.2, -0.15) is 0 Å². The van der Waals surface area contributed by atoms with Crippen LogP contribution in [0.5, 0.6) is 0 Å². The van der Waals surface area contributed by atoms with Crippen LogP contribution in [-0.2, 0) is 16.1 Å². The van der Waals surface area contributed by atoms with Crippen LogP contribution < -0.4 is 10.6 Å². The van der Waals surface area contributed by atoms with Crippen molar-refractivity contribution < 1.29 is 9.59 Å². The third kappa shape index (κ3) is 5.58. The number of nitrogens with zero attached hydrogens (tertiary/aromatic N) is 1. The van der Waals surface area contributed by atoms with E-state index < -0.39 is 0 Å². The van der Waals surface area contributed by atoms with Crippen LogP contribution in [0.1, 0.15) is 69.9 Å². The molecule has 0 aromatic carbocycles. The summed E-state index contributed by atoms with van der Waals surface area (Å²) in [5.74, 6) is 0.966. The van der Waals surface area contributed by atoms with Crippen molar-refractivity contribution >= 4 is 11.8 Å². The molecular formula is C19H30N4O2. The lowest BCUT2D eigenvalue weighted by molar-refractivity contribution is -0.126. The number of imidazole rings is 1. The van der Waals surface area contributed by atoms with E-state index in [1.165, 1.54) is 32.1 Å². The Morgan fingerprint density at radius 3 is 2.52 bits per heavy atom. The van der Waals surface area contributed by atoms with E-state index in [9.17, 15) is 9.59 Å². The molecule has 2 saturated carbocycles. The summed E-state index contributed by atoms with van der Waals surface area (Å²) in [6.07, 6.45) is 13.8. The number of H-pyrrole nitrogens is 1. The van der Waals surface area contributed by atoms with Crippen LogP contribution in [-0.4, -0.2) is 27.8 Å². The Hall–Kier alpha value is -1.85. The van der Waals surface area contributed by atoms with Crippen molar-refractivity contribution in [1.82, 2.24) is 20.6 Å². The van der Waals surface area contributed by atoms with Gasteiger partial charge in [0.2, 0.25) is 11.8 Å². The molecule has 1 aromatic heterocycles. The number of amides is 2. The number of carbonyl (C=O) groups is 2. The Morgan fingerprint density at radius 2 is 1.84 bits per heavy atom. The lowest BCUT2D eigenvalue weighted by Gasteiger charge is -2.29. The second-order valence-corrected chi connectivity index (χ2v) is 7.62. The van der Waals surface area contributed by atoms with Crippen LogP contribution in [0.3, 0.4) is 0 Å². The van der Waals surface area contributed by atoms with Crippen molar-refractivity contribution in [3.8, 4) is 0 Å². The van der Waals surface area contributed by atoms with E-state index in [4.69, 9.17) is 0 Å². The molecule has 138 valence electrons. The van der Waals surface area contributed by atoms with Gasteiger partial charge in [-0.05, 0) is 44.4 Å².